The zero-order chi connectivity index (χ0) is 12.5. The van der Waals surface area contributed by atoms with Gasteiger partial charge in [-0.2, -0.15) is 0 Å². The number of thiophene rings is 1. The van der Waals surface area contributed by atoms with E-state index in [1.54, 1.807) is 11.3 Å². The fraction of sp³-hybridized carbons (Fsp3) is 0.0667. The number of fused-ring (bicyclic) bond motifs is 1. The predicted octanol–water partition coefficient (Wildman–Crippen LogP) is 5.06. The zero-order valence-electron chi connectivity index (χ0n) is 9.93. The van der Waals surface area contributed by atoms with Crippen LogP contribution in [0.15, 0.2) is 41.8 Å². The van der Waals surface area contributed by atoms with Gasteiger partial charge in [-0.25, -0.2) is 0 Å². The molecule has 2 aromatic heterocycles. The number of para-hydroxylation sites is 1. The molecule has 0 atom stereocenters. The van der Waals surface area contributed by atoms with Crippen molar-refractivity contribution in [2.75, 3.05) is 0 Å². The van der Waals surface area contributed by atoms with Crippen LogP contribution in [-0.4, -0.2) is 4.57 Å². The van der Waals surface area contributed by atoms with Crippen LogP contribution in [0.25, 0.3) is 23.1 Å². The molecule has 3 heteroatoms. The Kier molecular flexibility index (Phi) is 2.98. The maximum atomic E-state index is 6.39. The minimum atomic E-state index is 0.781. The van der Waals surface area contributed by atoms with Gasteiger partial charge in [-0.1, -0.05) is 35.9 Å². The summed E-state index contributed by atoms with van der Waals surface area (Å²) in [5.74, 6) is 0. The first-order valence-electron chi connectivity index (χ1n) is 5.72. The van der Waals surface area contributed by atoms with Crippen molar-refractivity contribution in [3.05, 3.63) is 57.4 Å². The van der Waals surface area contributed by atoms with Crippen LogP contribution in [0.4, 0.5) is 0 Å². The summed E-state index contributed by atoms with van der Waals surface area (Å²) in [6.07, 6.45) is 4.20. The van der Waals surface area contributed by atoms with E-state index in [9.17, 15) is 0 Å². The molecule has 2 heterocycles. The highest BCUT2D eigenvalue weighted by molar-refractivity contribution is 7.10. The van der Waals surface area contributed by atoms with Gasteiger partial charge < -0.3 is 4.57 Å². The van der Waals surface area contributed by atoms with Gasteiger partial charge in [0.25, 0.3) is 0 Å². The van der Waals surface area contributed by atoms with E-state index in [1.807, 2.05) is 23.7 Å². The first-order chi connectivity index (χ1) is 8.77. The third-order valence-corrected chi connectivity index (χ3v) is 4.32. The van der Waals surface area contributed by atoms with Crippen molar-refractivity contribution < 1.29 is 0 Å². The summed E-state index contributed by atoms with van der Waals surface area (Å²) in [7, 11) is 1.99. The van der Waals surface area contributed by atoms with Gasteiger partial charge in [0.05, 0.1) is 0 Å². The highest BCUT2D eigenvalue weighted by atomic mass is 35.5. The predicted molar refractivity (Wildman–Crippen MR) is 81.2 cm³/mol. The molecule has 18 heavy (non-hydrogen) atoms. The molecule has 3 aromatic rings. The second kappa shape index (κ2) is 4.63. The number of rotatable bonds is 2. The number of halogens is 1. The number of hydrogen-bond acceptors (Lipinski definition) is 1. The summed E-state index contributed by atoms with van der Waals surface area (Å²) in [5, 5.41) is 4.05. The lowest BCUT2D eigenvalue weighted by Gasteiger charge is -1.95. The molecule has 0 bridgehead atoms. The van der Waals surface area contributed by atoms with Crippen LogP contribution < -0.4 is 0 Å². The van der Waals surface area contributed by atoms with E-state index < -0.39 is 0 Å². The average molecular weight is 274 g/mol. The largest absolute Gasteiger partial charge is 0.334 e. The average Bonchev–Trinajstić information content (AvgIpc) is 2.98. The van der Waals surface area contributed by atoms with Crippen molar-refractivity contribution in [1.29, 1.82) is 0 Å². The Bertz CT molecular complexity index is 708. The Hall–Kier alpha value is -1.51. The highest BCUT2D eigenvalue weighted by Gasteiger charge is 2.10. The van der Waals surface area contributed by atoms with Crippen LogP contribution in [0.5, 0.6) is 0 Å². The Balaban J connectivity index is 2.14. The first-order valence-corrected chi connectivity index (χ1v) is 6.97. The summed E-state index contributed by atoms with van der Waals surface area (Å²) < 4.78 is 2.02. The number of hydrogen-bond donors (Lipinski definition) is 0. The molecule has 0 saturated carbocycles. The normalized spacial score (nSPS) is 11.7. The van der Waals surface area contributed by atoms with Crippen molar-refractivity contribution in [2.45, 2.75) is 0 Å². The van der Waals surface area contributed by atoms with Gasteiger partial charge in [-0.15, -0.1) is 11.3 Å². The van der Waals surface area contributed by atoms with Crippen LogP contribution in [-0.2, 0) is 7.05 Å². The minimum Gasteiger partial charge on any atom is -0.334 e. The Morgan fingerprint density at radius 3 is 2.72 bits per heavy atom. The van der Waals surface area contributed by atoms with Gasteiger partial charge in [0.15, 0.2) is 0 Å². The lowest BCUT2D eigenvalue weighted by Crippen LogP contribution is -1.85. The number of nitrogens with zero attached hydrogens (tertiary/aromatic N) is 1. The Morgan fingerprint density at radius 1 is 1.11 bits per heavy atom. The van der Waals surface area contributed by atoms with Gasteiger partial charge in [0.2, 0.25) is 0 Å². The molecule has 0 aliphatic heterocycles. The zero-order valence-corrected chi connectivity index (χ0v) is 11.5. The van der Waals surface area contributed by atoms with Crippen LogP contribution >= 0.6 is 22.9 Å². The van der Waals surface area contributed by atoms with Crippen molar-refractivity contribution in [3.63, 3.8) is 0 Å². The molecule has 0 amide bonds. The SMILES string of the molecule is Cn1c(Cl)c(/C=C/c2cccs2)c2ccccc21. The number of aryl methyl sites for hydroxylation is 1. The standard InChI is InChI=1S/C15H12ClNS/c1-17-14-7-3-2-6-12(14)13(15(17)16)9-8-11-5-4-10-18-11/h2-10H,1H3/b9-8+. The highest BCUT2D eigenvalue weighted by Crippen LogP contribution is 2.30. The summed E-state index contributed by atoms with van der Waals surface area (Å²) in [5.41, 5.74) is 2.25. The van der Waals surface area contributed by atoms with Crippen LogP contribution in [0.3, 0.4) is 0 Å². The van der Waals surface area contributed by atoms with E-state index in [2.05, 4.69) is 41.8 Å². The van der Waals surface area contributed by atoms with Gasteiger partial charge in [-0.05, 0) is 29.7 Å². The van der Waals surface area contributed by atoms with Crippen molar-refractivity contribution in [3.8, 4) is 0 Å². The summed E-state index contributed by atoms with van der Waals surface area (Å²) in [6, 6.07) is 12.4. The summed E-state index contributed by atoms with van der Waals surface area (Å²) >= 11 is 8.12. The molecule has 90 valence electrons. The molecule has 0 aliphatic carbocycles. The van der Waals surface area contributed by atoms with Gasteiger partial charge in [0, 0.05) is 28.4 Å². The van der Waals surface area contributed by atoms with E-state index in [1.165, 1.54) is 10.3 Å². The molecule has 0 spiro atoms. The first kappa shape index (κ1) is 11.6. The molecule has 0 fully saturated rings. The minimum absolute atomic E-state index is 0.781. The molecule has 0 saturated heterocycles. The fourth-order valence-electron chi connectivity index (χ4n) is 2.10. The molecule has 0 unspecified atom stereocenters. The Labute approximate surface area is 115 Å². The van der Waals surface area contributed by atoms with Gasteiger partial charge in [0.1, 0.15) is 5.15 Å². The monoisotopic (exact) mass is 273 g/mol. The topological polar surface area (TPSA) is 4.93 Å². The maximum absolute atomic E-state index is 6.39. The van der Waals surface area contributed by atoms with E-state index in [-0.39, 0.29) is 0 Å². The maximum Gasteiger partial charge on any atom is 0.117 e. The second-order valence-corrected chi connectivity index (χ2v) is 5.47. The lowest BCUT2D eigenvalue weighted by atomic mass is 10.1. The van der Waals surface area contributed by atoms with Crippen LogP contribution in [0.1, 0.15) is 10.4 Å². The van der Waals surface area contributed by atoms with E-state index in [4.69, 9.17) is 11.6 Å². The van der Waals surface area contributed by atoms with Gasteiger partial charge in [-0.3, -0.25) is 0 Å². The molecule has 1 nitrogen and oxygen atoms in total. The van der Waals surface area contributed by atoms with Crippen molar-refractivity contribution in [1.82, 2.24) is 4.57 Å². The van der Waals surface area contributed by atoms with E-state index >= 15 is 0 Å². The summed E-state index contributed by atoms with van der Waals surface area (Å²) in [6.45, 7) is 0. The number of benzene rings is 1. The Morgan fingerprint density at radius 2 is 1.94 bits per heavy atom. The van der Waals surface area contributed by atoms with Crippen LogP contribution in [0, 0.1) is 0 Å². The van der Waals surface area contributed by atoms with Crippen molar-refractivity contribution in [2.24, 2.45) is 7.05 Å². The molecule has 0 N–H and O–H groups in total. The molecule has 1 aromatic carbocycles. The van der Waals surface area contributed by atoms with E-state index in [0.717, 1.165) is 16.2 Å². The summed E-state index contributed by atoms with van der Waals surface area (Å²) in [4.78, 5) is 1.24. The third-order valence-electron chi connectivity index (χ3n) is 3.03. The molecule has 3 rings (SSSR count). The smallest absolute Gasteiger partial charge is 0.117 e. The van der Waals surface area contributed by atoms with Gasteiger partial charge >= 0.3 is 0 Å². The second-order valence-electron chi connectivity index (χ2n) is 4.13. The third kappa shape index (κ3) is 1.88. The number of aromatic nitrogens is 1. The van der Waals surface area contributed by atoms with Crippen LogP contribution in [0.2, 0.25) is 5.15 Å². The molecular formula is C15H12ClNS. The lowest BCUT2D eigenvalue weighted by molar-refractivity contribution is 0.969. The molecular weight excluding hydrogens is 262 g/mol. The quantitative estimate of drug-likeness (QED) is 0.615. The molecule has 0 aliphatic rings. The fourth-order valence-corrected chi connectivity index (χ4v) is 2.98. The van der Waals surface area contributed by atoms with E-state index in [0.29, 0.717) is 0 Å². The van der Waals surface area contributed by atoms with Crippen molar-refractivity contribution >= 4 is 46.0 Å². The molecule has 0 radical (unpaired) electrons.